The summed E-state index contributed by atoms with van der Waals surface area (Å²) in [6, 6.07) is 13.1. The van der Waals surface area contributed by atoms with Crippen molar-refractivity contribution in [1.82, 2.24) is 25.3 Å². The second-order valence-corrected chi connectivity index (χ2v) is 7.90. The van der Waals surface area contributed by atoms with Crippen LogP contribution in [0.3, 0.4) is 0 Å². The van der Waals surface area contributed by atoms with Gasteiger partial charge in [0, 0.05) is 18.2 Å². The fourth-order valence-corrected chi connectivity index (χ4v) is 3.34. The number of benzene rings is 1. The van der Waals surface area contributed by atoms with Gasteiger partial charge in [-0.05, 0) is 55.7 Å². The van der Waals surface area contributed by atoms with E-state index in [2.05, 4.69) is 34.5 Å². The van der Waals surface area contributed by atoms with Gasteiger partial charge in [-0.25, -0.2) is 4.68 Å². The summed E-state index contributed by atoms with van der Waals surface area (Å²) < 4.78 is 12.9. The summed E-state index contributed by atoms with van der Waals surface area (Å²) in [5.41, 5.74) is 2.95. The average molecular weight is 419 g/mol. The molecule has 0 aliphatic rings. The summed E-state index contributed by atoms with van der Waals surface area (Å²) in [5.74, 6) is 2.64. The van der Waals surface area contributed by atoms with Gasteiger partial charge in [-0.1, -0.05) is 19.9 Å². The minimum Gasteiger partial charge on any atom is -0.465 e. The molecule has 4 rings (SSSR count). The third-order valence-electron chi connectivity index (χ3n) is 4.72. The van der Waals surface area contributed by atoms with Crippen LogP contribution in [0.15, 0.2) is 51.3 Å². The molecule has 1 N–H and O–H groups in total. The van der Waals surface area contributed by atoms with Gasteiger partial charge in [0.25, 0.3) is 11.8 Å². The Labute approximate surface area is 180 Å². The number of hydrogen-bond donors (Lipinski definition) is 1. The number of nitrogens with one attached hydrogen (secondary N) is 1. The SMILES string of the molecule is Cc1ccc(CNC(=O)c2cccc(-n3nc(-c4nnc(C)o4)cc3CC(C)C)c2)o1. The van der Waals surface area contributed by atoms with E-state index >= 15 is 0 Å². The highest BCUT2D eigenvalue weighted by Gasteiger charge is 2.17. The summed E-state index contributed by atoms with van der Waals surface area (Å²) in [7, 11) is 0. The van der Waals surface area contributed by atoms with E-state index in [9.17, 15) is 4.79 Å². The van der Waals surface area contributed by atoms with Crippen LogP contribution in [0, 0.1) is 19.8 Å². The molecule has 8 nitrogen and oxygen atoms in total. The van der Waals surface area contributed by atoms with E-state index in [-0.39, 0.29) is 5.91 Å². The standard InChI is InChI=1S/C23H25N5O3/c1-14(2)10-19-12-21(23-26-25-16(4)31-23)27-28(19)18-7-5-6-17(11-18)22(29)24-13-20-9-8-15(3)30-20/h5-9,11-12,14H,10,13H2,1-4H3,(H,24,29). The number of amides is 1. The van der Waals surface area contributed by atoms with Gasteiger partial charge in [0.1, 0.15) is 17.2 Å². The first kappa shape index (κ1) is 20.6. The zero-order chi connectivity index (χ0) is 22.0. The molecule has 1 aromatic carbocycles. The van der Waals surface area contributed by atoms with Crippen molar-refractivity contribution in [3.63, 3.8) is 0 Å². The van der Waals surface area contributed by atoms with Crippen molar-refractivity contribution < 1.29 is 13.6 Å². The lowest BCUT2D eigenvalue weighted by Crippen LogP contribution is -2.22. The Bertz CT molecular complexity index is 1200. The lowest BCUT2D eigenvalue weighted by molar-refractivity contribution is 0.0948. The van der Waals surface area contributed by atoms with Crippen LogP contribution in [-0.2, 0) is 13.0 Å². The summed E-state index contributed by atoms with van der Waals surface area (Å²) in [6.07, 6.45) is 0.814. The first-order chi connectivity index (χ1) is 14.9. The Kier molecular flexibility index (Phi) is 5.70. The Morgan fingerprint density at radius 2 is 1.94 bits per heavy atom. The number of carbonyl (C=O) groups is 1. The number of furan rings is 1. The Balaban J connectivity index is 1.61. The van der Waals surface area contributed by atoms with Crippen LogP contribution in [0.5, 0.6) is 0 Å². The maximum absolute atomic E-state index is 12.7. The zero-order valence-electron chi connectivity index (χ0n) is 18.0. The number of carbonyl (C=O) groups excluding carboxylic acids is 1. The Morgan fingerprint density at radius 1 is 1.10 bits per heavy atom. The second kappa shape index (κ2) is 8.59. The molecule has 0 aliphatic heterocycles. The molecule has 3 heterocycles. The van der Waals surface area contributed by atoms with Crippen LogP contribution < -0.4 is 5.32 Å². The molecule has 0 radical (unpaired) electrons. The van der Waals surface area contributed by atoms with E-state index in [1.54, 1.807) is 13.0 Å². The van der Waals surface area contributed by atoms with Gasteiger partial charge in [0.2, 0.25) is 5.89 Å². The third kappa shape index (κ3) is 4.74. The first-order valence-corrected chi connectivity index (χ1v) is 10.2. The molecule has 31 heavy (non-hydrogen) atoms. The van der Waals surface area contributed by atoms with Crippen LogP contribution in [0.2, 0.25) is 0 Å². The van der Waals surface area contributed by atoms with Gasteiger partial charge in [0.15, 0.2) is 0 Å². The van der Waals surface area contributed by atoms with E-state index in [4.69, 9.17) is 8.83 Å². The van der Waals surface area contributed by atoms with E-state index in [0.717, 1.165) is 23.6 Å². The maximum Gasteiger partial charge on any atom is 0.268 e. The van der Waals surface area contributed by atoms with Gasteiger partial charge in [-0.3, -0.25) is 4.79 Å². The van der Waals surface area contributed by atoms with Crippen molar-refractivity contribution in [1.29, 1.82) is 0 Å². The molecule has 8 heteroatoms. The Hall–Kier alpha value is -3.68. The average Bonchev–Trinajstić information content (AvgIpc) is 3.46. The predicted molar refractivity (Wildman–Crippen MR) is 115 cm³/mol. The van der Waals surface area contributed by atoms with Crippen LogP contribution in [0.25, 0.3) is 17.3 Å². The third-order valence-corrected chi connectivity index (χ3v) is 4.72. The summed E-state index contributed by atoms with van der Waals surface area (Å²) >= 11 is 0. The van der Waals surface area contributed by atoms with E-state index in [0.29, 0.717) is 41.3 Å². The normalized spacial score (nSPS) is 11.3. The van der Waals surface area contributed by atoms with Crippen molar-refractivity contribution in [2.75, 3.05) is 0 Å². The summed E-state index contributed by atoms with van der Waals surface area (Å²) in [4.78, 5) is 12.7. The quantitative estimate of drug-likeness (QED) is 0.480. The molecule has 0 unspecified atom stereocenters. The van der Waals surface area contributed by atoms with Gasteiger partial charge in [-0.15, -0.1) is 10.2 Å². The largest absolute Gasteiger partial charge is 0.465 e. The molecule has 4 aromatic rings. The highest BCUT2D eigenvalue weighted by Crippen LogP contribution is 2.23. The lowest BCUT2D eigenvalue weighted by atomic mass is 10.1. The molecule has 0 saturated carbocycles. The second-order valence-electron chi connectivity index (χ2n) is 7.90. The fourth-order valence-electron chi connectivity index (χ4n) is 3.34. The molecule has 0 fully saturated rings. The van der Waals surface area contributed by atoms with Crippen molar-refractivity contribution >= 4 is 5.91 Å². The molecule has 0 spiro atoms. The number of hydrogen-bond acceptors (Lipinski definition) is 6. The molecule has 160 valence electrons. The summed E-state index contributed by atoms with van der Waals surface area (Å²) in [6.45, 7) is 8.24. The van der Waals surface area contributed by atoms with Crippen LogP contribution in [0.4, 0.5) is 0 Å². The topological polar surface area (TPSA) is 99.0 Å². The number of aromatic nitrogens is 4. The van der Waals surface area contributed by atoms with E-state index < -0.39 is 0 Å². The van der Waals surface area contributed by atoms with Crippen LogP contribution >= 0.6 is 0 Å². The first-order valence-electron chi connectivity index (χ1n) is 10.2. The number of nitrogens with zero attached hydrogens (tertiary/aromatic N) is 4. The van der Waals surface area contributed by atoms with Crippen molar-refractivity contribution in [2.24, 2.45) is 5.92 Å². The smallest absolute Gasteiger partial charge is 0.268 e. The van der Waals surface area contributed by atoms with E-state index in [1.165, 1.54) is 0 Å². The molecular weight excluding hydrogens is 394 g/mol. The van der Waals surface area contributed by atoms with Gasteiger partial charge < -0.3 is 14.2 Å². The molecular formula is C23H25N5O3. The number of rotatable bonds is 7. The number of aryl methyl sites for hydroxylation is 2. The highest BCUT2D eigenvalue weighted by atomic mass is 16.4. The Morgan fingerprint density at radius 3 is 2.61 bits per heavy atom. The minimum absolute atomic E-state index is 0.179. The van der Waals surface area contributed by atoms with E-state index in [1.807, 2.05) is 48.0 Å². The summed E-state index contributed by atoms with van der Waals surface area (Å²) in [5, 5.41) is 15.6. The fraction of sp³-hybridized carbons (Fsp3) is 0.304. The molecule has 0 atom stereocenters. The molecule has 0 aliphatic carbocycles. The lowest BCUT2D eigenvalue weighted by Gasteiger charge is -2.11. The van der Waals surface area contributed by atoms with Crippen LogP contribution in [-0.4, -0.2) is 25.9 Å². The van der Waals surface area contributed by atoms with Gasteiger partial charge in [0.05, 0.1) is 12.2 Å². The van der Waals surface area contributed by atoms with Gasteiger partial charge >= 0.3 is 0 Å². The molecule has 3 aromatic heterocycles. The molecule has 0 saturated heterocycles. The molecule has 1 amide bonds. The maximum atomic E-state index is 12.7. The van der Waals surface area contributed by atoms with Crippen molar-refractivity contribution in [3.8, 4) is 17.3 Å². The van der Waals surface area contributed by atoms with Gasteiger partial charge in [-0.2, -0.15) is 5.10 Å². The zero-order valence-corrected chi connectivity index (χ0v) is 18.0. The van der Waals surface area contributed by atoms with Crippen molar-refractivity contribution in [3.05, 3.63) is 71.1 Å². The monoisotopic (exact) mass is 419 g/mol. The van der Waals surface area contributed by atoms with Crippen LogP contribution in [0.1, 0.15) is 47.3 Å². The molecule has 0 bridgehead atoms. The van der Waals surface area contributed by atoms with Crippen molar-refractivity contribution in [2.45, 2.75) is 40.7 Å². The predicted octanol–water partition coefficient (Wildman–Crippen LogP) is 4.26. The minimum atomic E-state index is -0.179. The highest BCUT2D eigenvalue weighted by molar-refractivity contribution is 5.94.